The van der Waals surface area contributed by atoms with E-state index in [1.165, 1.54) is 12.8 Å². The third kappa shape index (κ3) is 1.87. The normalized spacial score (nSPS) is 36.5. The number of piperidine rings is 1. The van der Waals surface area contributed by atoms with E-state index in [1.54, 1.807) is 0 Å². The van der Waals surface area contributed by atoms with Crippen molar-refractivity contribution >= 4 is 11.8 Å². The highest BCUT2D eigenvalue weighted by Crippen LogP contribution is 2.46. The first-order chi connectivity index (χ1) is 7.57. The maximum atomic E-state index is 12.0. The summed E-state index contributed by atoms with van der Waals surface area (Å²) in [4.78, 5) is 23.5. The molecule has 2 aliphatic rings. The molecule has 0 spiro atoms. The molecule has 2 rings (SSSR count). The first kappa shape index (κ1) is 11.6. The van der Waals surface area contributed by atoms with Crippen LogP contribution in [0, 0.1) is 17.3 Å². The smallest absolute Gasteiger partial charge is 0.230 e. The number of hydrogen-bond donors (Lipinski definition) is 1. The predicted octanol–water partition coefficient (Wildman–Crippen LogP) is 2.26. The number of carbonyl (C=O) groups excluding carboxylic acids is 2. The zero-order chi connectivity index (χ0) is 11.8. The van der Waals surface area contributed by atoms with Gasteiger partial charge in [0.1, 0.15) is 0 Å². The van der Waals surface area contributed by atoms with Crippen molar-refractivity contribution in [1.29, 1.82) is 0 Å². The fourth-order valence-electron chi connectivity index (χ4n) is 3.47. The second-order valence-corrected chi connectivity index (χ2v) is 5.62. The summed E-state index contributed by atoms with van der Waals surface area (Å²) in [6, 6.07) is 0. The number of rotatable bonds is 2. The first-order valence-electron chi connectivity index (χ1n) is 6.40. The molecule has 2 atom stereocenters. The van der Waals surface area contributed by atoms with E-state index in [1.807, 2.05) is 0 Å². The van der Waals surface area contributed by atoms with Crippen LogP contribution in [0.4, 0.5) is 0 Å². The van der Waals surface area contributed by atoms with Crippen LogP contribution in [0.25, 0.3) is 0 Å². The fourth-order valence-corrected chi connectivity index (χ4v) is 3.47. The Hall–Kier alpha value is -0.860. The summed E-state index contributed by atoms with van der Waals surface area (Å²) in [7, 11) is 0. The lowest BCUT2D eigenvalue weighted by Crippen LogP contribution is -2.53. The van der Waals surface area contributed by atoms with Crippen LogP contribution in [0.2, 0.25) is 0 Å². The van der Waals surface area contributed by atoms with Gasteiger partial charge in [0.05, 0.1) is 0 Å². The minimum absolute atomic E-state index is 0.0208. The van der Waals surface area contributed by atoms with E-state index < -0.39 is 0 Å². The average molecular weight is 223 g/mol. The molecule has 2 amide bonds. The van der Waals surface area contributed by atoms with Gasteiger partial charge in [0.2, 0.25) is 11.8 Å². The molecule has 0 bridgehead atoms. The van der Waals surface area contributed by atoms with Crippen molar-refractivity contribution in [3.63, 3.8) is 0 Å². The molecule has 2 fully saturated rings. The van der Waals surface area contributed by atoms with E-state index in [9.17, 15) is 9.59 Å². The number of imide groups is 1. The number of nitrogens with one attached hydrogen (secondary N) is 1. The number of amides is 2. The van der Waals surface area contributed by atoms with Gasteiger partial charge in [0.15, 0.2) is 0 Å². The zero-order valence-corrected chi connectivity index (χ0v) is 10.2. The van der Waals surface area contributed by atoms with E-state index in [2.05, 4.69) is 19.2 Å². The van der Waals surface area contributed by atoms with Crippen molar-refractivity contribution in [3.8, 4) is 0 Å². The van der Waals surface area contributed by atoms with Crippen LogP contribution in [-0.4, -0.2) is 11.8 Å². The molecule has 3 nitrogen and oxygen atoms in total. The summed E-state index contributed by atoms with van der Waals surface area (Å²) >= 11 is 0. The van der Waals surface area contributed by atoms with Gasteiger partial charge < -0.3 is 0 Å². The van der Waals surface area contributed by atoms with Gasteiger partial charge in [-0.25, -0.2) is 0 Å². The molecular weight excluding hydrogens is 202 g/mol. The Balaban J connectivity index is 2.23. The van der Waals surface area contributed by atoms with Crippen molar-refractivity contribution < 1.29 is 9.59 Å². The molecule has 1 aliphatic heterocycles. The van der Waals surface area contributed by atoms with E-state index in [0.29, 0.717) is 12.3 Å². The monoisotopic (exact) mass is 223 g/mol. The lowest BCUT2D eigenvalue weighted by molar-refractivity contribution is -0.145. The van der Waals surface area contributed by atoms with Gasteiger partial charge in [-0.3, -0.25) is 14.9 Å². The molecule has 1 N–H and O–H groups in total. The Morgan fingerprint density at radius 2 is 1.94 bits per heavy atom. The fraction of sp³-hybridized carbons (Fsp3) is 0.846. The first-order valence-corrected chi connectivity index (χ1v) is 6.40. The van der Waals surface area contributed by atoms with E-state index >= 15 is 0 Å². The highest BCUT2D eigenvalue weighted by molar-refractivity contribution is 5.99. The Kier molecular flexibility index (Phi) is 3.04. The van der Waals surface area contributed by atoms with Gasteiger partial charge in [-0.05, 0) is 30.6 Å². The quantitative estimate of drug-likeness (QED) is 0.730. The van der Waals surface area contributed by atoms with Gasteiger partial charge >= 0.3 is 0 Å². The van der Waals surface area contributed by atoms with Crippen molar-refractivity contribution in [2.75, 3.05) is 0 Å². The third-order valence-corrected chi connectivity index (χ3v) is 4.54. The summed E-state index contributed by atoms with van der Waals surface area (Å²) in [6.07, 6.45) is 6.21. The zero-order valence-electron chi connectivity index (χ0n) is 10.2. The molecule has 2 unspecified atom stereocenters. The highest BCUT2D eigenvalue weighted by atomic mass is 16.2. The maximum absolute atomic E-state index is 12.0. The van der Waals surface area contributed by atoms with Crippen LogP contribution in [-0.2, 0) is 9.59 Å². The summed E-state index contributed by atoms with van der Waals surface area (Å²) in [5.41, 5.74) is -0.117. The molecule has 1 heterocycles. The molecule has 0 aromatic carbocycles. The third-order valence-electron chi connectivity index (χ3n) is 4.54. The molecule has 1 saturated heterocycles. The Bertz CT molecular complexity index is 307. The van der Waals surface area contributed by atoms with Crippen LogP contribution in [0.15, 0.2) is 0 Å². The van der Waals surface area contributed by atoms with Crippen molar-refractivity contribution in [3.05, 3.63) is 0 Å². The Labute approximate surface area is 97.0 Å². The second kappa shape index (κ2) is 4.19. The van der Waals surface area contributed by atoms with Gasteiger partial charge in [-0.15, -0.1) is 0 Å². The molecule has 3 heteroatoms. The molecule has 16 heavy (non-hydrogen) atoms. The van der Waals surface area contributed by atoms with Gasteiger partial charge in [0.25, 0.3) is 0 Å². The van der Waals surface area contributed by atoms with Crippen LogP contribution in [0.3, 0.4) is 0 Å². The second-order valence-electron chi connectivity index (χ2n) is 5.62. The van der Waals surface area contributed by atoms with Crippen LogP contribution in [0.1, 0.15) is 52.4 Å². The molecule has 0 aromatic rings. The van der Waals surface area contributed by atoms with Crippen LogP contribution < -0.4 is 5.32 Å². The summed E-state index contributed by atoms with van der Waals surface area (Å²) in [5, 5.41) is 2.52. The largest absolute Gasteiger partial charge is 0.296 e. The number of hydrogen-bond acceptors (Lipinski definition) is 2. The van der Waals surface area contributed by atoms with E-state index in [0.717, 1.165) is 19.3 Å². The molecule has 90 valence electrons. The summed E-state index contributed by atoms with van der Waals surface area (Å²) in [6.45, 7) is 4.19. The average Bonchev–Trinajstić information content (AvgIpc) is 2.69. The number of carbonyl (C=O) groups is 2. The Morgan fingerprint density at radius 3 is 2.50 bits per heavy atom. The summed E-state index contributed by atoms with van der Waals surface area (Å²) in [5.74, 6) is 0.437. The SMILES string of the molecule is CCC1(C)CC(=O)NC(=O)C1C1CCCC1. The van der Waals surface area contributed by atoms with Crippen LogP contribution in [0.5, 0.6) is 0 Å². The molecular formula is C13H21NO2. The standard InChI is InChI=1S/C13H21NO2/c1-3-13(2)8-10(15)14-12(16)11(13)9-6-4-5-7-9/h9,11H,3-8H2,1-2H3,(H,14,15,16). The van der Waals surface area contributed by atoms with Crippen molar-refractivity contribution in [1.82, 2.24) is 5.32 Å². The molecule has 1 aliphatic carbocycles. The van der Waals surface area contributed by atoms with Crippen molar-refractivity contribution in [2.24, 2.45) is 17.3 Å². The van der Waals surface area contributed by atoms with Gasteiger partial charge in [0, 0.05) is 12.3 Å². The molecule has 0 radical (unpaired) electrons. The lowest BCUT2D eigenvalue weighted by atomic mass is 9.64. The lowest BCUT2D eigenvalue weighted by Gasteiger charge is -2.42. The topological polar surface area (TPSA) is 46.2 Å². The van der Waals surface area contributed by atoms with E-state index in [4.69, 9.17) is 0 Å². The maximum Gasteiger partial charge on any atom is 0.230 e. The predicted molar refractivity (Wildman–Crippen MR) is 61.6 cm³/mol. The van der Waals surface area contributed by atoms with E-state index in [-0.39, 0.29) is 23.1 Å². The van der Waals surface area contributed by atoms with Gasteiger partial charge in [-0.2, -0.15) is 0 Å². The van der Waals surface area contributed by atoms with Crippen LogP contribution >= 0.6 is 0 Å². The minimum Gasteiger partial charge on any atom is -0.296 e. The summed E-state index contributed by atoms with van der Waals surface area (Å²) < 4.78 is 0. The Morgan fingerprint density at radius 1 is 1.31 bits per heavy atom. The van der Waals surface area contributed by atoms with Gasteiger partial charge in [-0.1, -0.05) is 26.7 Å². The van der Waals surface area contributed by atoms with Crippen molar-refractivity contribution in [2.45, 2.75) is 52.4 Å². The molecule has 1 saturated carbocycles. The minimum atomic E-state index is -0.117. The molecule has 0 aromatic heterocycles. The highest BCUT2D eigenvalue weighted by Gasteiger charge is 2.48.